The van der Waals surface area contributed by atoms with Gasteiger partial charge in [0.05, 0.1) is 0 Å². The summed E-state index contributed by atoms with van der Waals surface area (Å²) >= 11 is 5.13. The Labute approximate surface area is 117 Å². The lowest BCUT2D eigenvalue weighted by Crippen LogP contribution is -2.32. The summed E-state index contributed by atoms with van der Waals surface area (Å²) in [6.45, 7) is 1.93. The number of rotatable bonds is 2. The zero-order valence-corrected chi connectivity index (χ0v) is 11.2. The predicted octanol–water partition coefficient (Wildman–Crippen LogP) is 3.46. The van der Waals surface area contributed by atoms with E-state index in [0.29, 0.717) is 10.7 Å². The number of nitrogens with one attached hydrogen (secondary N) is 1. The molecule has 3 nitrogen and oxygen atoms in total. The third-order valence-corrected chi connectivity index (χ3v) is 2.79. The second-order valence-corrected chi connectivity index (χ2v) is 4.43. The average molecular weight is 271 g/mol. The third-order valence-electron chi connectivity index (χ3n) is 2.45. The fraction of sp³-hybridized carbons (Fsp3) is 0.0667. The van der Waals surface area contributed by atoms with Crippen LogP contribution in [0.1, 0.15) is 11.1 Å². The molecular formula is C15H13NO2S. The highest BCUT2D eigenvalue weighted by Gasteiger charge is 2.08. The smallest absolute Gasteiger partial charge is 0.410 e. The van der Waals surface area contributed by atoms with Gasteiger partial charge in [-0.15, -0.1) is 0 Å². The molecular weight excluding hydrogens is 258 g/mol. The Balaban J connectivity index is 1.97. The molecule has 0 bridgehead atoms. The van der Waals surface area contributed by atoms with Gasteiger partial charge in [-0.05, 0) is 24.6 Å². The standard InChI is InChI=1S/C15H13NO2S/c1-11-6-5-9-13(10-11)18-15(17)16-14(19)12-7-3-2-4-8-12/h2-10H,1H3,(H,16,17,19). The summed E-state index contributed by atoms with van der Waals surface area (Å²) in [6.07, 6.45) is -0.584. The highest BCUT2D eigenvalue weighted by molar-refractivity contribution is 7.80. The second-order valence-electron chi connectivity index (χ2n) is 4.03. The molecule has 0 radical (unpaired) electrons. The van der Waals surface area contributed by atoms with E-state index in [1.54, 1.807) is 12.1 Å². The van der Waals surface area contributed by atoms with Crippen LogP contribution in [-0.4, -0.2) is 11.1 Å². The molecule has 0 spiro atoms. The van der Waals surface area contributed by atoms with Gasteiger partial charge in [0.2, 0.25) is 0 Å². The first-order chi connectivity index (χ1) is 9.15. The molecule has 0 fully saturated rings. The van der Waals surface area contributed by atoms with Gasteiger partial charge < -0.3 is 4.74 Å². The molecule has 1 N–H and O–H groups in total. The lowest BCUT2D eigenvalue weighted by Gasteiger charge is -2.08. The van der Waals surface area contributed by atoms with Gasteiger partial charge in [-0.3, -0.25) is 5.32 Å². The number of ether oxygens (including phenoxy) is 1. The minimum Gasteiger partial charge on any atom is -0.410 e. The van der Waals surface area contributed by atoms with E-state index in [0.717, 1.165) is 11.1 Å². The van der Waals surface area contributed by atoms with E-state index >= 15 is 0 Å². The van der Waals surface area contributed by atoms with Crippen molar-refractivity contribution in [3.8, 4) is 5.75 Å². The van der Waals surface area contributed by atoms with Crippen molar-refractivity contribution < 1.29 is 9.53 Å². The van der Waals surface area contributed by atoms with Gasteiger partial charge in [-0.1, -0.05) is 54.7 Å². The highest BCUT2D eigenvalue weighted by Crippen LogP contribution is 2.12. The Morgan fingerprint density at radius 2 is 1.84 bits per heavy atom. The van der Waals surface area contributed by atoms with E-state index in [1.807, 2.05) is 49.4 Å². The van der Waals surface area contributed by atoms with Crippen LogP contribution in [0.2, 0.25) is 0 Å². The number of thiocarbonyl (C=S) groups is 1. The van der Waals surface area contributed by atoms with Crippen molar-refractivity contribution in [3.05, 3.63) is 65.7 Å². The molecule has 96 valence electrons. The van der Waals surface area contributed by atoms with Crippen LogP contribution < -0.4 is 10.1 Å². The number of amides is 1. The summed E-state index contributed by atoms with van der Waals surface area (Å²) in [4.78, 5) is 12.0. The Morgan fingerprint density at radius 1 is 1.11 bits per heavy atom. The van der Waals surface area contributed by atoms with Crippen LogP contribution in [-0.2, 0) is 0 Å². The van der Waals surface area contributed by atoms with Crippen molar-refractivity contribution in [2.45, 2.75) is 6.92 Å². The zero-order chi connectivity index (χ0) is 13.7. The van der Waals surface area contributed by atoms with Crippen LogP contribution in [0.4, 0.5) is 4.79 Å². The maximum absolute atomic E-state index is 11.7. The number of carbonyl (C=O) groups excluding carboxylic acids is 1. The minimum absolute atomic E-state index is 0.346. The van der Waals surface area contributed by atoms with Gasteiger partial charge in [-0.25, -0.2) is 4.79 Å². The molecule has 2 aromatic rings. The van der Waals surface area contributed by atoms with Gasteiger partial charge in [0.1, 0.15) is 10.7 Å². The second kappa shape index (κ2) is 6.11. The first kappa shape index (κ1) is 13.2. The van der Waals surface area contributed by atoms with Crippen LogP contribution in [0.15, 0.2) is 54.6 Å². The molecule has 2 rings (SSSR count). The van der Waals surface area contributed by atoms with Crippen LogP contribution in [0.5, 0.6) is 5.75 Å². The largest absolute Gasteiger partial charge is 0.417 e. The summed E-state index contributed by atoms with van der Waals surface area (Å²) in [5, 5.41) is 2.53. The molecule has 0 aliphatic carbocycles. The molecule has 0 saturated carbocycles. The molecule has 2 aromatic carbocycles. The first-order valence-electron chi connectivity index (χ1n) is 5.80. The molecule has 0 aliphatic heterocycles. The summed E-state index contributed by atoms with van der Waals surface area (Å²) < 4.78 is 5.15. The number of aryl methyl sites for hydroxylation is 1. The predicted molar refractivity (Wildman–Crippen MR) is 78.5 cm³/mol. The van der Waals surface area contributed by atoms with Crippen molar-refractivity contribution in [2.24, 2.45) is 0 Å². The van der Waals surface area contributed by atoms with Crippen LogP contribution in [0, 0.1) is 6.92 Å². The summed E-state index contributed by atoms with van der Waals surface area (Å²) in [6, 6.07) is 16.5. The molecule has 0 aromatic heterocycles. The molecule has 0 unspecified atom stereocenters. The highest BCUT2D eigenvalue weighted by atomic mass is 32.1. The Morgan fingerprint density at radius 3 is 2.53 bits per heavy atom. The first-order valence-corrected chi connectivity index (χ1v) is 6.21. The molecule has 0 aliphatic rings. The monoisotopic (exact) mass is 271 g/mol. The molecule has 0 saturated heterocycles. The maximum atomic E-state index is 11.7. The van der Waals surface area contributed by atoms with Crippen molar-refractivity contribution in [3.63, 3.8) is 0 Å². The van der Waals surface area contributed by atoms with Crippen molar-refractivity contribution in [1.29, 1.82) is 0 Å². The Hall–Kier alpha value is -2.20. The maximum Gasteiger partial charge on any atom is 0.417 e. The number of carbonyl (C=O) groups is 1. The fourth-order valence-electron chi connectivity index (χ4n) is 1.57. The van der Waals surface area contributed by atoms with E-state index in [1.165, 1.54) is 0 Å². The van der Waals surface area contributed by atoms with Gasteiger partial charge in [0, 0.05) is 5.56 Å². The quantitative estimate of drug-likeness (QED) is 0.850. The van der Waals surface area contributed by atoms with E-state index < -0.39 is 6.09 Å². The van der Waals surface area contributed by atoms with Crippen LogP contribution in [0.25, 0.3) is 0 Å². The number of hydrogen-bond acceptors (Lipinski definition) is 3. The van der Waals surface area contributed by atoms with Gasteiger partial charge >= 0.3 is 6.09 Å². The molecule has 19 heavy (non-hydrogen) atoms. The summed E-state index contributed by atoms with van der Waals surface area (Å²) in [5.74, 6) is 0.494. The minimum atomic E-state index is -0.584. The Bertz CT molecular complexity index is 596. The summed E-state index contributed by atoms with van der Waals surface area (Å²) in [5.41, 5.74) is 1.80. The molecule has 1 amide bonds. The average Bonchev–Trinajstić information content (AvgIpc) is 2.39. The lowest BCUT2D eigenvalue weighted by atomic mass is 10.2. The molecule has 4 heteroatoms. The summed E-state index contributed by atoms with van der Waals surface area (Å²) in [7, 11) is 0. The van der Waals surface area contributed by atoms with Gasteiger partial charge in [-0.2, -0.15) is 0 Å². The zero-order valence-electron chi connectivity index (χ0n) is 10.4. The topological polar surface area (TPSA) is 38.3 Å². The van der Waals surface area contributed by atoms with Crippen LogP contribution >= 0.6 is 12.2 Å². The normalized spacial score (nSPS) is 9.74. The molecule has 0 atom stereocenters. The number of hydrogen-bond donors (Lipinski definition) is 1. The van der Waals surface area contributed by atoms with Crippen LogP contribution in [0.3, 0.4) is 0 Å². The third kappa shape index (κ3) is 3.89. The van der Waals surface area contributed by atoms with E-state index in [9.17, 15) is 4.79 Å². The van der Waals surface area contributed by atoms with E-state index in [4.69, 9.17) is 17.0 Å². The van der Waals surface area contributed by atoms with E-state index in [2.05, 4.69) is 5.32 Å². The van der Waals surface area contributed by atoms with Crippen molar-refractivity contribution in [1.82, 2.24) is 5.32 Å². The van der Waals surface area contributed by atoms with Crippen molar-refractivity contribution >= 4 is 23.3 Å². The molecule has 0 heterocycles. The van der Waals surface area contributed by atoms with Crippen molar-refractivity contribution in [2.75, 3.05) is 0 Å². The van der Waals surface area contributed by atoms with Gasteiger partial charge in [0.25, 0.3) is 0 Å². The van der Waals surface area contributed by atoms with E-state index in [-0.39, 0.29) is 0 Å². The fourth-order valence-corrected chi connectivity index (χ4v) is 1.79. The lowest BCUT2D eigenvalue weighted by molar-refractivity contribution is 0.206. The SMILES string of the molecule is Cc1cccc(OC(=O)NC(=S)c2ccccc2)c1. The Kier molecular flexibility index (Phi) is 4.26. The van der Waals surface area contributed by atoms with Gasteiger partial charge in [0.15, 0.2) is 0 Å². The number of benzene rings is 2.